The second-order valence-corrected chi connectivity index (χ2v) is 10.5. The van der Waals surface area contributed by atoms with E-state index in [1.165, 1.54) is 0 Å². The van der Waals surface area contributed by atoms with Gasteiger partial charge in [0, 0.05) is 0 Å². The third-order valence-electron chi connectivity index (χ3n) is 3.91. The van der Waals surface area contributed by atoms with Gasteiger partial charge in [-0.15, -0.1) is 0 Å². The molecule has 0 aliphatic carbocycles. The number of nitrogens with one attached hydrogen (secondary N) is 1. The van der Waals surface area contributed by atoms with Crippen LogP contribution in [0.2, 0.25) is 0 Å². The van der Waals surface area contributed by atoms with Crippen LogP contribution in [0.1, 0.15) is 0 Å². The number of aliphatic hydroxyl groups is 2. The van der Waals surface area contributed by atoms with E-state index in [1.54, 1.807) is 0 Å². The predicted molar refractivity (Wildman–Crippen MR) is 93.9 cm³/mol. The lowest BCUT2D eigenvalue weighted by Crippen LogP contribution is -2.47. The van der Waals surface area contributed by atoms with E-state index in [4.69, 9.17) is 19.4 Å². The zero-order valence-electron chi connectivity index (χ0n) is 14.9. The van der Waals surface area contributed by atoms with Crippen LogP contribution in [0.15, 0.2) is 17.4 Å². The summed E-state index contributed by atoms with van der Waals surface area (Å²) >= 11 is 0. The lowest BCUT2D eigenvalue weighted by atomic mass is 10.1. The van der Waals surface area contributed by atoms with Crippen molar-refractivity contribution < 1.29 is 61.4 Å². The maximum Gasteiger partial charge on any atom is 0.490 e. The van der Waals surface area contributed by atoms with Gasteiger partial charge in [0.15, 0.2) is 16.9 Å². The molecule has 1 fully saturated rings. The minimum Gasteiger partial charge on any atom is -0.385 e. The molecule has 31 heavy (non-hydrogen) atoms. The first-order valence-electron chi connectivity index (χ1n) is 7.85. The van der Waals surface area contributed by atoms with Crippen LogP contribution >= 0.6 is 23.5 Å². The summed E-state index contributed by atoms with van der Waals surface area (Å²) in [5.41, 5.74) is -3.12. The van der Waals surface area contributed by atoms with Gasteiger partial charge in [-0.1, -0.05) is 0 Å². The van der Waals surface area contributed by atoms with Crippen molar-refractivity contribution in [3.63, 3.8) is 0 Å². The molecular weight excluding hydrogens is 493 g/mol. The fraction of sp³-hybridized carbons (Fsp3) is 0.500. The monoisotopic (exact) mass is 508 g/mol. The predicted octanol–water partition coefficient (Wildman–Crippen LogP) is -2.13. The van der Waals surface area contributed by atoms with Crippen LogP contribution in [-0.2, 0) is 37.3 Å². The van der Waals surface area contributed by atoms with Gasteiger partial charge in [0.1, 0.15) is 12.2 Å². The largest absolute Gasteiger partial charge is 0.490 e. The quantitative estimate of drug-likeness (QED) is 0.188. The van der Waals surface area contributed by atoms with Crippen molar-refractivity contribution in [1.82, 2.24) is 19.5 Å². The van der Waals surface area contributed by atoms with Crippen molar-refractivity contribution in [3.05, 3.63) is 23.0 Å². The van der Waals surface area contributed by atoms with Crippen LogP contribution in [-0.4, -0.2) is 74.7 Å². The highest BCUT2D eigenvalue weighted by Crippen LogP contribution is 2.66. The van der Waals surface area contributed by atoms with Gasteiger partial charge in [0.25, 0.3) is 5.56 Å². The number of aromatic amines is 1. The van der Waals surface area contributed by atoms with Crippen molar-refractivity contribution >= 4 is 34.6 Å². The lowest BCUT2D eigenvalue weighted by Gasteiger charge is -2.27. The topological polar surface area (TPSA) is 273 Å². The van der Waals surface area contributed by atoms with Crippen LogP contribution in [0.5, 0.6) is 0 Å². The molecule has 0 spiro atoms. The molecule has 5 unspecified atom stereocenters. The Kier molecular flexibility index (Phi) is 6.43. The molecule has 0 aromatic carbocycles. The number of rotatable bonds is 8. The summed E-state index contributed by atoms with van der Waals surface area (Å²) in [4.78, 5) is 57.1. The summed E-state index contributed by atoms with van der Waals surface area (Å²) in [5, 5.41) is 21.2. The summed E-state index contributed by atoms with van der Waals surface area (Å²) in [5.74, 6) is 0. The first-order valence-corrected chi connectivity index (χ1v) is 12.4. The van der Waals surface area contributed by atoms with Gasteiger partial charge in [0.05, 0.1) is 25.9 Å². The molecule has 7 N–H and O–H groups in total. The van der Waals surface area contributed by atoms with Crippen LogP contribution < -0.4 is 5.56 Å². The van der Waals surface area contributed by atoms with E-state index in [-0.39, 0.29) is 11.2 Å². The van der Waals surface area contributed by atoms with Gasteiger partial charge in [-0.25, -0.2) is 23.7 Å². The van der Waals surface area contributed by atoms with Crippen LogP contribution in [0, 0.1) is 0 Å². The highest BCUT2D eigenvalue weighted by atomic mass is 31.3. The van der Waals surface area contributed by atoms with Gasteiger partial charge in [-0.2, -0.15) is 8.62 Å². The average Bonchev–Trinajstić information content (AvgIpc) is 3.14. The third-order valence-corrected chi connectivity index (χ3v) is 7.71. The van der Waals surface area contributed by atoms with Crippen molar-refractivity contribution in [2.45, 2.75) is 17.9 Å². The standard InChI is InChI=1S/C10H15N4O14P3/c15-7-5(1-26-30(21,22)28-31(23,24)27-29(18,19)20)25-2-10(7,17)14-4-13-6-8(14)11-3-12-9(6)16/h3-5,7,15,17H,1-2H2,(H,21,22)(H,23,24)(H,11,12,16)(H2,18,19,20). The summed E-state index contributed by atoms with van der Waals surface area (Å²) in [7, 11) is -16.7. The molecule has 3 heterocycles. The van der Waals surface area contributed by atoms with Gasteiger partial charge < -0.3 is 39.5 Å². The second kappa shape index (κ2) is 8.20. The molecule has 3 rings (SSSR count). The summed E-state index contributed by atoms with van der Waals surface area (Å²) in [6.45, 7) is -1.60. The second-order valence-electron chi connectivity index (χ2n) is 6.08. The van der Waals surface area contributed by atoms with E-state index in [0.717, 1.165) is 17.2 Å². The van der Waals surface area contributed by atoms with E-state index >= 15 is 0 Å². The number of H-pyrrole nitrogens is 1. The minimum absolute atomic E-state index is 0.109. The Hall–Kier alpha value is -1.36. The third kappa shape index (κ3) is 5.35. The fourth-order valence-electron chi connectivity index (χ4n) is 2.66. The van der Waals surface area contributed by atoms with Gasteiger partial charge >= 0.3 is 23.5 Å². The molecule has 18 nitrogen and oxygen atoms in total. The molecule has 174 valence electrons. The zero-order valence-corrected chi connectivity index (χ0v) is 17.5. The summed E-state index contributed by atoms with van der Waals surface area (Å²) in [6, 6.07) is 0. The molecule has 0 radical (unpaired) electrons. The van der Waals surface area contributed by atoms with Crippen LogP contribution in [0.3, 0.4) is 0 Å². The normalized spacial score (nSPS) is 28.5. The Morgan fingerprint density at radius 2 is 1.87 bits per heavy atom. The molecule has 2 aromatic rings. The minimum atomic E-state index is -5.72. The summed E-state index contributed by atoms with van der Waals surface area (Å²) < 4.78 is 51.2. The maximum atomic E-state index is 11.8. The van der Waals surface area contributed by atoms with E-state index in [2.05, 4.69) is 28.1 Å². The van der Waals surface area contributed by atoms with Crippen molar-refractivity contribution in [1.29, 1.82) is 0 Å². The number of aromatic nitrogens is 4. The highest BCUT2D eigenvalue weighted by Gasteiger charge is 2.51. The number of ether oxygens (including phenoxy) is 1. The Morgan fingerprint density at radius 1 is 1.19 bits per heavy atom. The van der Waals surface area contributed by atoms with Gasteiger partial charge in [0.2, 0.25) is 0 Å². The van der Waals surface area contributed by atoms with Crippen molar-refractivity contribution in [2.75, 3.05) is 13.2 Å². The number of hydrogen-bond donors (Lipinski definition) is 7. The van der Waals surface area contributed by atoms with Gasteiger partial charge in [-0.3, -0.25) is 13.9 Å². The molecular formula is C10H15N4O14P3. The molecule has 21 heteroatoms. The number of aliphatic hydroxyl groups excluding tert-OH is 1. The molecule has 0 bridgehead atoms. The van der Waals surface area contributed by atoms with Crippen LogP contribution in [0.25, 0.3) is 11.2 Å². The fourth-order valence-corrected chi connectivity index (χ4v) is 5.69. The molecule has 1 aliphatic heterocycles. The Labute approximate surface area is 170 Å². The van der Waals surface area contributed by atoms with E-state index in [9.17, 15) is 33.6 Å². The molecule has 1 saturated heterocycles. The lowest BCUT2D eigenvalue weighted by molar-refractivity contribution is -0.109. The maximum absolute atomic E-state index is 11.8. The Bertz CT molecular complexity index is 1170. The molecule has 0 amide bonds. The number of phosphoric ester groups is 1. The first-order chi connectivity index (χ1) is 14.1. The number of imidazole rings is 1. The number of hydrogen-bond acceptors (Lipinski definition) is 12. The number of fused-ring (bicyclic) bond motifs is 1. The first kappa shape index (κ1) is 24.3. The number of phosphoric acid groups is 3. The van der Waals surface area contributed by atoms with E-state index < -0.39 is 60.2 Å². The van der Waals surface area contributed by atoms with Crippen LogP contribution in [0.4, 0.5) is 0 Å². The summed E-state index contributed by atoms with van der Waals surface area (Å²) in [6.07, 6.45) is -1.32. The van der Waals surface area contributed by atoms with E-state index in [1.807, 2.05) is 0 Å². The Morgan fingerprint density at radius 3 is 2.52 bits per heavy atom. The SMILES string of the molecule is O=c1[nH]cnc2c1ncn2C1(O)COC(COP(=O)(O)OP(=O)(O)OP(=O)(O)O)C1O. The van der Waals surface area contributed by atoms with E-state index in [0.29, 0.717) is 0 Å². The molecule has 0 saturated carbocycles. The molecule has 5 atom stereocenters. The average molecular weight is 508 g/mol. The van der Waals surface area contributed by atoms with Crippen molar-refractivity contribution in [2.24, 2.45) is 0 Å². The van der Waals surface area contributed by atoms with Gasteiger partial charge in [-0.05, 0) is 0 Å². The highest BCUT2D eigenvalue weighted by molar-refractivity contribution is 7.66. The smallest absolute Gasteiger partial charge is 0.385 e. The molecule has 2 aromatic heterocycles. The van der Waals surface area contributed by atoms with Crippen molar-refractivity contribution in [3.8, 4) is 0 Å². The zero-order chi connectivity index (χ0) is 23.2. The molecule has 1 aliphatic rings. The number of nitrogens with zero attached hydrogens (tertiary/aromatic N) is 3. The Balaban J connectivity index is 1.71.